The Kier molecular flexibility index (Phi) is 1.73. The van der Waals surface area contributed by atoms with Crippen LogP contribution in [0.2, 0.25) is 0 Å². The van der Waals surface area contributed by atoms with Gasteiger partial charge in [0.25, 0.3) is 0 Å². The predicted molar refractivity (Wildman–Crippen MR) is 61.4 cm³/mol. The van der Waals surface area contributed by atoms with Crippen molar-refractivity contribution in [3.8, 4) is 10.8 Å². The fourth-order valence-electron chi connectivity index (χ4n) is 1.71. The molecule has 1 aromatic carbocycles. The van der Waals surface area contributed by atoms with Gasteiger partial charge in [0.2, 0.25) is 5.06 Å². The Balaban J connectivity index is 2.19. The van der Waals surface area contributed by atoms with Crippen LogP contribution in [0.5, 0.6) is 10.8 Å². The van der Waals surface area contributed by atoms with Gasteiger partial charge in [0.15, 0.2) is 11.6 Å². The molecule has 0 aliphatic carbocycles. The first kappa shape index (κ1) is 8.73. The van der Waals surface area contributed by atoms with Crippen molar-refractivity contribution in [1.82, 2.24) is 4.98 Å². The lowest BCUT2D eigenvalue weighted by Crippen LogP contribution is -2.15. The molecular formula is C11H10N2OS. The SMILES string of the molecule is Cc1nc2c(s1)Oc1ccccc1N2C. The zero-order chi connectivity index (χ0) is 10.4. The van der Waals surface area contributed by atoms with Crippen molar-refractivity contribution in [2.45, 2.75) is 6.92 Å². The van der Waals surface area contributed by atoms with E-state index >= 15 is 0 Å². The van der Waals surface area contributed by atoms with Gasteiger partial charge < -0.3 is 9.64 Å². The molecule has 76 valence electrons. The molecule has 0 amide bonds. The third-order valence-corrected chi connectivity index (χ3v) is 3.27. The monoisotopic (exact) mass is 218 g/mol. The standard InChI is InChI=1S/C11H10N2OS/c1-7-12-10-11(15-7)14-9-6-4-3-5-8(9)13(10)2/h3-6H,1-2H3. The summed E-state index contributed by atoms with van der Waals surface area (Å²) in [4.78, 5) is 6.52. The van der Waals surface area contributed by atoms with Gasteiger partial charge in [-0.05, 0) is 19.1 Å². The molecule has 1 aliphatic rings. The van der Waals surface area contributed by atoms with E-state index in [1.807, 2.05) is 38.2 Å². The molecule has 15 heavy (non-hydrogen) atoms. The van der Waals surface area contributed by atoms with Crippen LogP contribution < -0.4 is 9.64 Å². The Labute approximate surface area is 91.9 Å². The first-order valence-corrected chi connectivity index (χ1v) is 5.55. The summed E-state index contributed by atoms with van der Waals surface area (Å²) in [5.41, 5.74) is 1.07. The van der Waals surface area contributed by atoms with Gasteiger partial charge in [0, 0.05) is 7.05 Å². The number of para-hydroxylation sites is 2. The van der Waals surface area contributed by atoms with Crippen LogP contribution in [0.1, 0.15) is 5.01 Å². The highest BCUT2D eigenvalue weighted by atomic mass is 32.1. The smallest absolute Gasteiger partial charge is 0.225 e. The van der Waals surface area contributed by atoms with Crippen molar-refractivity contribution in [1.29, 1.82) is 0 Å². The topological polar surface area (TPSA) is 25.4 Å². The number of fused-ring (bicyclic) bond motifs is 2. The van der Waals surface area contributed by atoms with Gasteiger partial charge in [-0.1, -0.05) is 23.5 Å². The molecule has 3 rings (SSSR count). The molecule has 0 bridgehead atoms. The third-order valence-electron chi connectivity index (χ3n) is 2.43. The summed E-state index contributed by atoms with van der Waals surface area (Å²) in [5, 5.41) is 1.91. The molecule has 0 saturated heterocycles. The molecule has 3 nitrogen and oxygen atoms in total. The fraction of sp³-hybridized carbons (Fsp3) is 0.182. The number of aryl methyl sites for hydroxylation is 1. The van der Waals surface area contributed by atoms with Crippen LogP contribution in [0.15, 0.2) is 24.3 Å². The van der Waals surface area contributed by atoms with E-state index in [9.17, 15) is 0 Å². The Bertz CT molecular complexity index is 521. The van der Waals surface area contributed by atoms with E-state index in [0.29, 0.717) is 0 Å². The molecule has 2 heterocycles. The van der Waals surface area contributed by atoms with Crippen molar-refractivity contribution in [2.24, 2.45) is 0 Å². The molecule has 0 saturated carbocycles. The summed E-state index contributed by atoms with van der Waals surface area (Å²) in [5.74, 6) is 1.81. The maximum atomic E-state index is 5.78. The van der Waals surface area contributed by atoms with Crippen molar-refractivity contribution in [3.05, 3.63) is 29.3 Å². The van der Waals surface area contributed by atoms with Crippen LogP contribution in [-0.4, -0.2) is 12.0 Å². The highest BCUT2D eigenvalue weighted by Gasteiger charge is 2.24. The average Bonchev–Trinajstić information content (AvgIpc) is 2.59. The summed E-state index contributed by atoms with van der Waals surface area (Å²) in [6.07, 6.45) is 0. The zero-order valence-corrected chi connectivity index (χ0v) is 9.34. The number of ether oxygens (including phenoxy) is 1. The van der Waals surface area contributed by atoms with Gasteiger partial charge in [-0.15, -0.1) is 0 Å². The highest BCUT2D eigenvalue weighted by molar-refractivity contribution is 7.14. The maximum Gasteiger partial charge on any atom is 0.225 e. The fourth-order valence-corrected chi connectivity index (χ4v) is 2.52. The van der Waals surface area contributed by atoms with Gasteiger partial charge in [0.05, 0.1) is 10.7 Å². The molecular weight excluding hydrogens is 208 g/mol. The highest BCUT2D eigenvalue weighted by Crippen LogP contribution is 2.47. The third kappa shape index (κ3) is 1.22. The second kappa shape index (κ2) is 2.97. The molecule has 0 radical (unpaired) electrons. The number of benzene rings is 1. The van der Waals surface area contributed by atoms with Crippen molar-refractivity contribution >= 4 is 22.8 Å². The first-order valence-electron chi connectivity index (χ1n) is 4.74. The second-order valence-corrected chi connectivity index (χ2v) is 4.64. The van der Waals surface area contributed by atoms with E-state index in [0.717, 1.165) is 27.3 Å². The summed E-state index contributed by atoms with van der Waals surface area (Å²) in [7, 11) is 2.01. The van der Waals surface area contributed by atoms with E-state index in [1.165, 1.54) is 0 Å². The van der Waals surface area contributed by atoms with Gasteiger partial charge in [-0.25, -0.2) is 4.98 Å². The van der Waals surface area contributed by atoms with Crippen LogP contribution >= 0.6 is 11.3 Å². The molecule has 1 aliphatic heterocycles. The minimum atomic E-state index is 0.883. The van der Waals surface area contributed by atoms with E-state index in [-0.39, 0.29) is 0 Å². The summed E-state index contributed by atoms with van der Waals surface area (Å²) in [6, 6.07) is 7.99. The number of nitrogens with zero attached hydrogens (tertiary/aromatic N) is 2. The zero-order valence-electron chi connectivity index (χ0n) is 8.52. The van der Waals surface area contributed by atoms with Crippen LogP contribution in [-0.2, 0) is 0 Å². The van der Waals surface area contributed by atoms with Gasteiger partial charge >= 0.3 is 0 Å². The lowest BCUT2D eigenvalue weighted by Gasteiger charge is -2.25. The second-order valence-electron chi connectivity index (χ2n) is 3.47. The number of hydrogen-bond acceptors (Lipinski definition) is 4. The minimum absolute atomic E-state index is 0.883. The first-order chi connectivity index (χ1) is 7.25. The quantitative estimate of drug-likeness (QED) is 0.678. The molecule has 0 unspecified atom stereocenters. The minimum Gasteiger partial charge on any atom is -0.440 e. The molecule has 0 N–H and O–H groups in total. The Morgan fingerprint density at radius 1 is 1.33 bits per heavy atom. The number of thiazole rings is 1. The Morgan fingerprint density at radius 3 is 3.00 bits per heavy atom. The van der Waals surface area contributed by atoms with E-state index in [1.54, 1.807) is 11.3 Å². The lowest BCUT2D eigenvalue weighted by atomic mass is 10.2. The summed E-state index contributed by atoms with van der Waals surface area (Å²) in [6.45, 7) is 1.99. The van der Waals surface area contributed by atoms with Crippen LogP contribution in [0, 0.1) is 6.92 Å². The Hall–Kier alpha value is -1.55. The normalized spacial score (nSPS) is 13.1. The van der Waals surface area contributed by atoms with Crippen LogP contribution in [0.25, 0.3) is 0 Å². The van der Waals surface area contributed by atoms with Gasteiger partial charge in [-0.3, -0.25) is 0 Å². The molecule has 1 aromatic heterocycles. The number of hydrogen-bond donors (Lipinski definition) is 0. The molecule has 2 aromatic rings. The van der Waals surface area contributed by atoms with Crippen molar-refractivity contribution < 1.29 is 4.74 Å². The lowest BCUT2D eigenvalue weighted by molar-refractivity contribution is 0.487. The predicted octanol–water partition coefficient (Wildman–Crippen LogP) is 3.33. The molecule has 0 spiro atoms. The van der Waals surface area contributed by atoms with Crippen LogP contribution in [0.4, 0.5) is 11.5 Å². The average molecular weight is 218 g/mol. The molecule has 0 atom stereocenters. The maximum absolute atomic E-state index is 5.78. The Morgan fingerprint density at radius 2 is 2.13 bits per heavy atom. The summed E-state index contributed by atoms with van der Waals surface area (Å²) < 4.78 is 5.78. The van der Waals surface area contributed by atoms with E-state index < -0.39 is 0 Å². The van der Waals surface area contributed by atoms with E-state index in [2.05, 4.69) is 9.88 Å². The molecule has 4 heteroatoms. The van der Waals surface area contributed by atoms with Crippen molar-refractivity contribution in [2.75, 3.05) is 11.9 Å². The number of rotatable bonds is 0. The largest absolute Gasteiger partial charge is 0.440 e. The molecule has 0 fully saturated rings. The van der Waals surface area contributed by atoms with Crippen molar-refractivity contribution in [3.63, 3.8) is 0 Å². The van der Waals surface area contributed by atoms with Crippen LogP contribution in [0.3, 0.4) is 0 Å². The number of aromatic nitrogens is 1. The summed E-state index contributed by atoms with van der Waals surface area (Å²) >= 11 is 1.58. The number of anilines is 2. The van der Waals surface area contributed by atoms with Gasteiger partial charge in [-0.2, -0.15) is 0 Å². The van der Waals surface area contributed by atoms with Gasteiger partial charge in [0.1, 0.15) is 0 Å². The van der Waals surface area contributed by atoms with E-state index in [4.69, 9.17) is 4.74 Å².